The van der Waals surface area contributed by atoms with Crippen LogP contribution in [0.2, 0.25) is 0 Å². The summed E-state index contributed by atoms with van der Waals surface area (Å²) in [6.45, 7) is 5.51. The molecule has 0 unspecified atom stereocenters. The highest BCUT2D eigenvalue weighted by Gasteiger charge is 2.51. The lowest BCUT2D eigenvalue weighted by atomic mass is 9.59. The van der Waals surface area contributed by atoms with Gasteiger partial charge in [0.2, 0.25) is 0 Å². The molecule has 1 aliphatic heterocycles. The molecule has 1 aromatic heterocycles. The third-order valence-corrected chi connectivity index (χ3v) is 8.63. The van der Waals surface area contributed by atoms with E-state index in [2.05, 4.69) is 31.3 Å². The van der Waals surface area contributed by atoms with E-state index in [0.29, 0.717) is 17.9 Å². The predicted octanol–water partition coefficient (Wildman–Crippen LogP) is 5.28. The summed E-state index contributed by atoms with van der Waals surface area (Å²) in [7, 11) is 0. The van der Waals surface area contributed by atoms with Crippen molar-refractivity contribution in [3.63, 3.8) is 0 Å². The maximum absolute atomic E-state index is 12.8. The lowest BCUT2D eigenvalue weighted by Gasteiger charge is -2.46. The number of rotatable bonds is 5. The van der Waals surface area contributed by atoms with Gasteiger partial charge in [0.15, 0.2) is 0 Å². The fraction of sp³-hybridized carbons (Fsp3) is 0.731. The van der Waals surface area contributed by atoms with E-state index in [1.807, 2.05) is 6.07 Å². The van der Waals surface area contributed by atoms with Crippen LogP contribution in [0.15, 0.2) is 34.5 Å². The van der Waals surface area contributed by atoms with Crippen LogP contribution in [0.25, 0.3) is 0 Å². The number of furan rings is 1. The van der Waals surface area contributed by atoms with Crippen molar-refractivity contribution in [1.82, 2.24) is 5.32 Å². The van der Waals surface area contributed by atoms with Crippen molar-refractivity contribution in [2.24, 2.45) is 29.1 Å². The first kappa shape index (κ1) is 20.4. The predicted molar refractivity (Wildman–Crippen MR) is 117 cm³/mol. The van der Waals surface area contributed by atoms with Crippen molar-refractivity contribution < 1.29 is 13.9 Å². The fourth-order valence-electron chi connectivity index (χ4n) is 6.97. The Balaban J connectivity index is 1.28. The van der Waals surface area contributed by atoms with E-state index in [-0.39, 0.29) is 29.3 Å². The topological polar surface area (TPSA) is 51.5 Å². The summed E-state index contributed by atoms with van der Waals surface area (Å²) in [6.07, 6.45) is 15.1. The minimum Gasteiger partial charge on any atom is -0.469 e. The molecule has 164 valence electrons. The number of carbonyl (C=O) groups is 1. The Morgan fingerprint density at radius 2 is 2.07 bits per heavy atom. The summed E-state index contributed by atoms with van der Waals surface area (Å²) in [5.41, 5.74) is 1.84. The number of hydrogen-bond acceptors (Lipinski definition) is 4. The van der Waals surface area contributed by atoms with Crippen molar-refractivity contribution in [3.8, 4) is 0 Å². The molecule has 2 saturated carbocycles. The van der Waals surface area contributed by atoms with Gasteiger partial charge in [-0.25, -0.2) is 0 Å². The van der Waals surface area contributed by atoms with Crippen LogP contribution in [0.5, 0.6) is 0 Å². The van der Waals surface area contributed by atoms with Gasteiger partial charge in [-0.05, 0) is 61.5 Å². The fourth-order valence-corrected chi connectivity index (χ4v) is 6.97. The van der Waals surface area contributed by atoms with Crippen LogP contribution in [-0.4, -0.2) is 24.7 Å². The molecule has 4 heteroatoms. The second-order valence-corrected chi connectivity index (χ2v) is 10.7. The molecule has 1 N–H and O–H groups in total. The zero-order valence-corrected chi connectivity index (χ0v) is 18.6. The lowest BCUT2D eigenvalue weighted by molar-refractivity contribution is -0.145. The zero-order valence-electron chi connectivity index (χ0n) is 18.6. The molecule has 4 nitrogen and oxygen atoms in total. The molecule has 3 aliphatic carbocycles. The quantitative estimate of drug-likeness (QED) is 0.529. The largest absolute Gasteiger partial charge is 0.469 e. The van der Waals surface area contributed by atoms with Crippen molar-refractivity contribution in [3.05, 3.63) is 35.8 Å². The zero-order chi connectivity index (χ0) is 20.7. The number of hydrogen-bond donors (Lipinski definition) is 1. The summed E-state index contributed by atoms with van der Waals surface area (Å²) in [4.78, 5) is 12.8. The molecule has 7 atom stereocenters. The van der Waals surface area contributed by atoms with E-state index in [1.54, 1.807) is 11.8 Å². The van der Waals surface area contributed by atoms with Crippen LogP contribution in [0.3, 0.4) is 0 Å². The first-order valence-corrected chi connectivity index (χ1v) is 12.2. The van der Waals surface area contributed by atoms with Gasteiger partial charge in [-0.2, -0.15) is 0 Å². The van der Waals surface area contributed by atoms with Gasteiger partial charge in [-0.3, -0.25) is 4.79 Å². The molecule has 4 aliphatic rings. The Hall–Kier alpha value is -1.55. The van der Waals surface area contributed by atoms with Gasteiger partial charge in [0.25, 0.3) is 0 Å². The minimum atomic E-state index is -0.0348. The van der Waals surface area contributed by atoms with Gasteiger partial charge in [0.05, 0.1) is 12.2 Å². The van der Waals surface area contributed by atoms with Gasteiger partial charge in [0, 0.05) is 24.9 Å². The van der Waals surface area contributed by atoms with Crippen LogP contribution in [0.1, 0.15) is 71.0 Å². The number of carbonyl (C=O) groups excluding carboxylic acids is 1. The maximum atomic E-state index is 12.8. The minimum absolute atomic E-state index is 0.0163. The molecule has 5 rings (SSSR count). The first-order chi connectivity index (χ1) is 14.5. The molecule has 30 heavy (non-hydrogen) atoms. The molecule has 1 aromatic rings. The highest BCUT2D eigenvalue weighted by atomic mass is 16.6. The lowest BCUT2D eigenvalue weighted by Crippen LogP contribution is -2.44. The second kappa shape index (κ2) is 8.18. The van der Waals surface area contributed by atoms with Crippen LogP contribution < -0.4 is 5.32 Å². The maximum Gasteiger partial charge on any atom is 0.311 e. The van der Waals surface area contributed by atoms with E-state index in [0.717, 1.165) is 25.1 Å². The summed E-state index contributed by atoms with van der Waals surface area (Å²) in [5, 5.41) is 3.81. The van der Waals surface area contributed by atoms with Crippen LogP contribution in [0.4, 0.5) is 0 Å². The molecule has 2 heterocycles. The summed E-state index contributed by atoms with van der Waals surface area (Å²) >= 11 is 0. The third kappa shape index (κ3) is 3.77. The smallest absolute Gasteiger partial charge is 0.311 e. The SMILES string of the molecule is C[C@@H]1CCC[C@]2(C)C[C@H]3OC(=O)[C@@H](CN[C@H]4CCCC[C@@H]4Cc4ccco4)[C@H]3C=C12. The summed E-state index contributed by atoms with van der Waals surface area (Å²) < 4.78 is 11.6. The molecule has 3 fully saturated rings. The van der Waals surface area contributed by atoms with Crippen molar-refractivity contribution in [2.75, 3.05) is 6.54 Å². The highest BCUT2D eigenvalue weighted by molar-refractivity contribution is 5.76. The van der Waals surface area contributed by atoms with Crippen molar-refractivity contribution >= 4 is 5.97 Å². The normalized spacial score (nSPS) is 41.0. The number of ether oxygens (including phenoxy) is 1. The average Bonchev–Trinajstić information content (AvgIpc) is 3.33. The van der Waals surface area contributed by atoms with Crippen molar-refractivity contribution in [2.45, 2.75) is 83.8 Å². The Morgan fingerprint density at radius 1 is 1.20 bits per heavy atom. The van der Waals surface area contributed by atoms with E-state index in [1.165, 1.54) is 44.9 Å². The highest BCUT2D eigenvalue weighted by Crippen LogP contribution is 2.53. The third-order valence-electron chi connectivity index (χ3n) is 8.63. The Morgan fingerprint density at radius 3 is 2.90 bits per heavy atom. The Labute approximate surface area is 180 Å². The molecule has 0 amide bonds. The number of esters is 1. The van der Waals surface area contributed by atoms with E-state index in [4.69, 9.17) is 9.15 Å². The first-order valence-electron chi connectivity index (χ1n) is 12.2. The van der Waals surface area contributed by atoms with Gasteiger partial charge >= 0.3 is 5.97 Å². The molecule has 0 bridgehead atoms. The van der Waals surface area contributed by atoms with Crippen molar-refractivity contribution in [1.29, 1.82) is 0 Å². The van der Waals surface area contributed by atoms with Gasteiger partial charge in [0.1, 0.15) is 11.9 Å². The van der Waals surface area contributed by atoms with Gasteiger partial charge in [-0.1, -0.05) is 44.8 Å². The Kier molecular flexibility index (Phi) is 5.55. The van der Waals surface area contributed by atoms with Crippen LogP contribution in [0, 0.1) is 29.1 Å². The number of fused-ring (bicyclic) bond motifs is 2. The summed E-state index contributed by atoms with van der Waals surface area (Å²) in [6, 6.07) is 4.53. The Bertz CT molecular complexity index is 784. The van der Waals surface area contributed by atoms with Gasteiger partial charge < -0.3 is 14.5 Å². The van der Waals surface area contributed by atoms with Crippen LogP contribution >= 0.6 is 0 Å². The second-order valence-electron chi connectivity index (χ2n) is 10.7. The molecule has 0 aromatic carbocycles. The molecule has 0 radical (unpaired) electrons. The number of nitrogens with one attached hydrogen (secondary N) is 1. The van der Waals surface area contributed by atoms with E-state index in [9.17, 15) is 4.79 Å². The molecular weight excluding hydrogens is 374 g/mol. The average molecular weight is 412 g/mol. The molecule has 0 spiro atoms. The summed E-state index contributed by atoms with van der Waals surface area (Å²) in [5.74, 6) is 2.54. The standard InChI is InChI=1S/C26H37NO3/c1-17-7-5-11-26(2)15-24-20(14-22(17)26)21(25(28)30-24)16-27-23-10-4-3-8-18(23)13-19-9-6-12-29-19/h6,9,12,14,17-18,20-21,23-24,27H,3-5,7-8,10-11,13,15-16H2,1-2H3/t17-,18-,20-,21+,23+,24-,26-/m1/s1. The van der Waals surface area contributed by atoms with Gasteiger partial charge in [-0.15, -0.1) is 0 Å². The monoisotopic (exact) mass is 411 g/mol. The van der Waals surface area contributed by atoms with Crippen LogP contribution in [-0.2, 0) is 16.0 Å². The molecular formula is C26H37NO3. The van der Waals surface area contributed by atoms with E-state index < -0.39 is 0 Å². The molecule has 1 saturated heterocycles. The van der Waals surface area contributed by atoms with E-state index >= 15 is 0 Å². The number of allylic oxidation sites excluding steroid dienone is 1.